The molecule has 0 radical (unpaired) electrons. The van der Waals surface area contributed by atoms with Gasteiger partial charge in [0.05, 0.1) is 16.3 Å². The number of amides is 3. The van der Waals surface area contributed by atoms with Crippen molar-refractivity contribution in [1.82, 2.24) is 0 Å². The van der Waals surface area contributed by atoms with Crippen molar-refractivity contribution in [1.29, 1.82) is 0 Å². The molecule has 6 rings (SSSR count). The average Bonchev–Trinajstić information content (AvgIpc) is 3.68. The Morgan fingerprint density at radius 2 is 1.81 bits per heavy atom. The number of aromatic hydroxyl groups is 1. The highest BCUT2D eigenvalue weighted by Crippen LogP contribution is 2.46. The maximum atomic E-state index is 13.6. The topological polar surface area (TPSA) is 121 Å². The van der Waals surface area contributed by atoms with E-state index in [4.69, 9.17) is 20.8 Å². The number of anilines is 3. The standard InChI is InChI=1S/C32H28ClN3O6S/c1-32(2,3)42-31(40)35-19-8-9-25-17(10-19)11-26(41-25)29(38)34-20-12-27(43-16-20)30(39)36-15-18(14-33)28-22-7-5-4-6-21(22)24(37)13-23(28)36/h4-13,16,18,37H,14-15H2,1-3H3,(H,34,38)(H,35,40)/t18-/m1/s1. The maximum absolute atomic E-state index is 13.6. The van der Waals surface area contributed by atoms with Crippen molar-refractivity contribution >= 4 is 79.6 Å². The lowest BCUT2D eigenvalue weighted by Gasteiger charge is -2.19. The van der Waals surface area contributed by atoms with E-state index in [1.807, 2.05) is 24.3 Å². The summed E-state index contributed by atoms with van der Waals surface area (Å²) in [6.45, 7) is 5.71. The predicted molar refractivity (Wildman–Crippen MR) is 169 cm³/mol. The first-order valence-electron chi connectivity index (χ1n) is 13.6. The van der Waals surface area contributed by atoms with E-state index in [-0.39, 0.29) is 23.3 Å². The Hall–Kier alpha value is -4.54. The normalized spacial score (nSPS) is 14.6. The van der Waals surface area contributed by atoms with Crippen LogP contribution in [-0.2, 0) is 4.74 Å². The van der Waals surface area contributed by atoms with E-state index in [0.29, 0.717) is 50.7 Å². The summed E-state index contributed by atoms with van der Waals surface area (Å²) in [5.41, 5.74) is 2.35. The van der Waals surface area contributed by atoms with Gasteiger partial charge < -0.3 is 24.5 Å². The monoisotopic (exact) mass is 617 g/mol. The highest BCUT2D eigenvalue weighted by molar-refractivity contribution is 7.12. The molecule has 11 heteroatoms. The van der Waals surface area contributed by atoms with Gasteiger partial charge in [0.25, 0.3) is 11.8 Å². The summed E-state index contributed by atoms with van der Waals surface area (Å²) in [5.74, 6) is -0.321. The van der Waals surface area contributed by atoms with Crippen LogP contribution in [0.15, 0.2) is 70.5 Å². The van der Waals surface area contributed by atoms with E-state index in [0.717, 1.165) is 10.9 Å². The molecule has 1 atom stereocenters. The second-order valence-corrected chi connectivity index (χ2v) is 12.5. The van der Waals surface area contributed by atoms with Gasteiger partial charge in [0.15, 0.2) is 5.76 Å². The van der Waals surface area contributed by atoms with Crippen molar-refractivity contribution in [2.75, 3.05) is 28.0 Å². The van der Waals surface area contributed by atoms with Gasteiger partial charge in [0.2, 0.25) is 0 Å². The van der Waals surface area contributed by atoms with Gasteiger partial charge in [-0.25, -0.2) is 4.79 Å². The van der Waals surface area contributed by atoms with Crippen LogP contribution in [0.25, 0.3) is 21.7 Å². The van der Waals surface area contributed by atoms with Gasteiger partial charge in [-0.3, -0.25) is 14.9 Å². The Morgan fingerprint density at radius 1 is 1.05 bits per heavy atom. The molecule has 3 heterocycles. The Morgan fingerprint density at radius 3 is 2.56 bits per heavy atom. The van der Waals surface area contributed by atoms with E-state index in [2.05, 4.69) is 10.6 Å². The van der Waals surface area contributed by atoms with Gasteiger partial charge in [-0.05, 0) is 62.1 Å². The molecule has 2 aromatic heterocycles. The number of hydrogen-bond acceptors (Lipinski definition) is 7. The maximum Gasteiger partial charge on any atom is 0.412 e. The summed E-state index contributed by atoms with van der Waals surface area (Å²) in [6, 6.07) is 17.3. The quantitative estimate of drug-likeness (QED) is 0.172. The number of alkyl halides is 1. The first-order chi connectivity index (χ1) is 20.5. The molecule has 0 fully saturated rings. The van der Waals surface area contributed by atoms with Gasteiger partial charge in [0.1, 0.15) is 16.9 Å². The fraction of sp³-hybridized carbons (Fsp3) is 0.219. The van der Waals surface area contributed by atoms with Crippen LogP contribution >= 0.6 is 22.9 Å². The number of nitrogens with zero attached hydrogens (tertiary/aromatic N) is 1. The number of hydrogen-bond donors (Lipinski definition) is 3. The number of thiophene rings is 1. The number of carbonyl (C=O) groups is 3. The predicted octanol–water partition coefficient (Wildman–Crippen LogP) is 7.94. The number of halogens is 1. The molecule has 43 heavy (non-hydrogen) atoms. The third-order valence-electron chi connectivity index (χ3n) is 7.03. The molecule has 1 aliphatic rings. The number of rotatable bonds is 5. The summed E-state index contributed by atoms with van der Waals surface area (Å²) in [5, 5.41) is 20.0. The highest BCUT2D eigenvalue weighted by atomic mass is 35.5. The van der Waals surface area contributed by atoms with Crippen LogP contribution in [0.5, 0.6) is 5.75 Å². The van der Waals surface area contributed by atoms with Crippen LogP contribution in [0.2, 0.25) is 0 Å². The van der Waals surface area contributed by atoms with Crippen molar-refractivity contribution in [3.63, 3.8) is 0 Å². The zero-order valence-electron chi connectivity index (χ0n) is 23.6. The smallest absolute Gasteiger partial charge is 0.412 e. The molecular weight excluding hydrogens is 590 g/mol. The minimum Gasteiger partial charge on any atom is -0.507 e. The summed E-state index contributed by atoms with van der Waals surface area (Å²) in [6.07, 6.45) is -0.586. The van der Waals surface area contributed by atoms with Gasteiger partial charge in [-0.1, -0.05) is 24.3 Å². The second kappa shape index (κ2) is 10.9. The molecule has 0 spiro atoms. The number of nitrogens with one attached hydrogen (secondary N) is 2. The van der Waals surface area contributed by atoms with Crippen molar-refractivity contribution in [2.24, 2.45) is 0 Å². The zero-order chi connectivity index (χ0) is 30.5. The Labute approximate surface area is 256 Å². The van der Waals surface area contributed by atoms with E-state index in [9.17, 15) is 19.5 Å². The summed E-state index contributed by atoms with van der Waals surface area (Å²) >= 11 is 7.52. The van der Waals surface area contributed by atoms with Gasteiger partial charge in [0, 0.05) is 46.2 Å². The molecule has 3 amide bonds. The van der Waals surface area contributed by atoms with E-state index >= 15 is 0 Å². The highest BCUT2D eigenvalue weighted by Gasteiger charge is 2.35. The van der Waals surface area contributed by atoms with Crippen molar-refractivity contribution in [3.05, 3.63) is 82.2 Å². The fourth-order valence-electron chi connectivity index (χ4n) is 5.24. The first-order valence-corrected chi connectivity index (χ1v) is 15.0. The molecule has 0 unspecified atom stereocenters. The molecule has 0 bridgehead atoms. The number of furan rings is 1. The Balaban J connectivity index is 1.18. The lowest BCUT2D eigenvalue weighted by molar-refractivity contribution is 0.0635. The van der Waals surface area contributed by atoms with Crippen LogP contribution in [0.3, 0.4) is 0 Å². The molecular formula is C32H28ClN3O6S. The average molecular weight is 618 g/mol. The largest absolute Gasteiger partial charge is 0.507 e. The molecule has 1 aliphatic heterocycles. The van der Waals surface area contributed by atoms with Crippen molar-refractivity contribution in [3.8, 4) is 5.75 Å². The van der Waals surface area contributed by atoms with Gasteiger partial charge in [-0.15, -0.1) is 22.9 Å². The van der Waals surface area contributed by atoms with E-state index in [1.54, 1.807) is 67.4 Å². The van der Waals surface area contributed by atoms with Crippen LogP contribution < -0.4 is 15.5 Å². The third-order valence-corrected chi connectivity index (χ3v) is 8.32. The Bertz CT molecular complexity index is 1910. The third kappa shape index (κ3) is 5.63. The van der Waals surface area contributed by atoms with Crippen LogP contribution in [0, 0.1) is 0 Å². The summed E-state index contributed by atoms with van der Waals surface area (Å²) < 4.78 is 11.0. The van der Waals surface area contributed by atoms with Crippen molar-refractivity contribution in [2.45, 2.75) is 32.3 Å². The van der Waals surface area contributed by atoms with Gasteiger partial charge in [-0.2, -0.15) is 0 Å². The van der Waals surface area contributed by atoms with Gasteiger partial charge >= 0.3 is 6.09 Å². The minimum absolute atomic E-state index is 0.0734. The van der Waals surface area contributed by atoms with E-state index in [1.165, 1.54) is 11.3 Å². The molecule has 0 aliphatic carbocycles. The zero-order valence-corrected chi connectivity index (χ0v) is 25.1. The molecule has 9 nitrogen and oxygen atoms in total. The molecule has 3 N–H and O–H groups in total. The lowest BCUT2D eigenvalue weighted by atomic mass is 9.95. The number of phenolic OH excluding ortho intramolecular Hbond substituents is 1. The second-order valence-electron chi connectivity index (χ2n) is 11.3. The number of phenols is 1. The number of fused-ring (bicyclic) bond motifs is 4. The van der Waals surface area contributed by atoms with E-state index < -0.39 is 17.6 Å². The number of benzene rings is 3. The molecule has 0 saturated carbocycles. The summed E-state index contributed by atoms with van der Waals surface area (Å²) in [7, 11) is 0. The number of ether oxygens (including phenoxy) is 1. The molecule has 3 aromatic carbocycles. The minimum atomic E-state index is -0.634. The molecule has 220 valence electrons. The van der Waals surface area contributed by atoms with Crippen LogP contribution in [0.1, 0.15) is 52.5 Å². The van der Waals surface area contributed by atoms with Crippen LogP contribution in [0.4, 0.5) is 21.9 Å². The fourth-order valence-corrected chi connectivity index (χ4v) is 6.28. The Kier molecular flexibility index (Phi) is 7.27. The lowest BCUT2D eigenvalue weighted by Crippen LogP contribution is -2.29. The van der Waals surface area contributed by atoms with Crippen LogP contribution in [-0.4, -0.2) is 41.0 Å². The molecule has 5 aromatic rings. The summed E-state index contributed by atoms with van der Waals surface area (Å²) in [4.78, 5) is 40.8. The number of carbonyl (C=O) groups excluding carboxylic acids is 3. The first kappa shape index (κ1) is 28.6. The van der Waals surface area contributed by atoms with Crippen molar-refractivity contribution < 1.29 is 28.6 Å². The SMILES string of the molecule is CC(C)(C)OC(=O)Nc1ccc2oc(C(=O)Nc3csc(C(=O)N4C[C@@H](CCl)c5c4cc(O)c4ccccc54)c3)cc2c1. The molecule has 0 saturated heterocycles.